The molecule has 84 valence electrons. The van der Waals surface area contributed by atoms with Crippen LogP contribution >= 0.6 is 0 Å². The molecule has 0 aromatic heterocycles. The Bertz CT molecular complexity index is 306. The fraction of sp³-hybridized carbons (Fsp3) is 0.667. The Labute approximate surface area is 87.8 Å². The van der Waals surface area contributed by atoms with E-state index in [9.17, 15) is 14.4 Å². The summed E-state index contributed by atoms with van der Waals surface area (Å²) in [6.07, 6.45) is -0.290. The van der Waals surface area contributed by atoms with Gasteiger partial charge in [-0.25, -0.2) is 0 Å². The Hall–Kier alpha value is -1.43. The molecule has 0 bridgehead atoms. The van der Waals surface area contributed by atoms with Crippen molar-refractivity contribution in [1.82, 2.24) is 10.2 Å². The van der Waals surface area contributed by atoms with Gasteiger partial charge >= 0.3 is 0 Å². The van der Waals surface area contributed by atoms with Gasteiger partial charge in [-0.05, 0) is 13.8 Å². The van der Waals surface area contributed by atoms with E-state index in [1.165, 1.54) is 0 Å². The number of amides is 3. The van der Waals surface area contributed by atoms with E-state index in [2.05, 4.69) is 5.32 Å². The first kappa shape index (κ1) is 11.6. The van der Waals surface area contributed by atoms with Gasteiger partial charge in [-0.2, -0.15) is 0 Å². The number of rotatable bonds is 2. The van der Waals surface area contributed by atoms with Crippen LogP contribution in [-0.4, -0.2) is 41.2 Å². The second kappa shape index (κ2) is 3.98. The molecule has 15 heavy (non-hydrogen) atoms. The molecule has 0 radical (unpaired) electrons. The van der Waals surface area contributed by atoms with E-state index in [4.69, 9.17) is 5.73 Å². The Balaban J connectivity index is 2.80. The van der Waals surface area contributed by atoms with Crippen molar-refractivity contribution in [3.63, 3.8) is 0 Å². The van der Waals surface area contributed by atoms with Gasteiger partial charge in [-0.3, -0.25) is 19.3 Å². The summed E-state index contributed by atoms with van der Waals surface area (Å²) >= 11 is 0. The number of hydrogen-bond donors (Lipinski definition) is 2. The lowest BCUT2D eigenvalue weighted by Gasteiger charge is -2.26. The van der Waals surface area contributed by atoms with E-state index < -0.39 is 23.3 Å². The number of carbonyl (C=O) groups excluding carboxylic acids is 3. The molecular formula is C9H15N3O3. The van der Waals surface area contributed by atoms with E-state index in [1.54, 1.807) is 13.8 Å². The molecular weight excluding hydrogens is 198 g/mol. The molecule has 0 saturated carbocycles. The zero-order valence-electron chi connectivity index (χ0n) is 8.87. The number of nitrogens with zero attached hydrogens (tertiary/aromatic N) is 1. The molecule has 0 unspecified atom stereocenters. The van der Waals surface area contributed by atoms with E-state index >= 15 is 0 Å². The zero-order valence-corrected chi connectivity index (χ0v) is 8.87. The van der Waals surface area contributed by atoms with Crippen LogP contribution in [0.1, 0.15) is 20.3 Å². The standard InChI is InChI=1S/C9H15N3O3/c1-9(2,10)5-12-7(14)3-6(13)11-4-8(12)15/h3-5,10H2,1-2H3,(H,11,13). The predicted molar refractivity (Wildman–Crippen MR) is 52.6 cm³/mol. The lowest BCUT2D eigenvalue weighted by molar-refractivity contribution is -0.144. The molecule has 1 aliphatic rings. The first-order valence-corrected chi connectivity index (χ1v) is 4.68. The van der Waals surface area contributed by atoms with Crippen molar-refractivity contribution in [2.75, 3.05) is 13.1 Å². The highest BCUT2D eigenvalue weighted by molar-refractivity contribution is 6.08. The normalized spacial score (nSPS) is 18.9. The molecule has 3 N–H and O–H groups in total. The average molecular weight is 213 g/mol. The third-order valence-corrected chi connectivity index (χ3v) is 1.92. The highest BCUT2D eigenvalue weighted by Gasteiger charge is 2.30. The number of nitrogens with one attached hydrogen (secondary N) is 1. The average Bonchev–Trinajstić information content (AvgIpc) is 2.17. The van der Waals surface area contributed by atoms with Crippen LogP contribution in [0.3, 0.4) is 0 Å². The first-order chi connectivity index (χ1) is 6.79. The van der Waals surface area contributed by atoms with Crippen LogP contribution in [0.4, 0.5) is 0 Å². The largest absolute Gasteiger partial charge is 0.347 e. The molecule has 6 nitrogen and oxygen atoms in total. The maximum atomic E-state index is 11.5. The van der Waals surface area contributed by atoms with Gasteiger partial charge < -0.3 is 11.1 Å². The van der Waals surface area contributed by atoms with Crippen molar-refractivity contribution >= 4 is 17.7 Å². The van der Waals surface area contributed by atoms with E-state index in [-0.39, 0.29) is 19.5 Å². The third-order valence-electron chi connectivity index (χ3n) is 1.92. The number of imide groups is 1. The molecule has 1 rings (SSSR count). The quantitative estimate of drug-likeness (QED) is 0.436. The first-order valence-electron chi connectivity index (χ1n) is 4.68. The predicted octanol–water partition coefficient (Wildman–Crippen LogP) is -1.40. The Morgan fingerprint density at radius 3 is 2.47 bits per heavy atom. The van der Waals surface area contributed by atoms with Crippen LogP contribution in [0.15, 0.2) is 0 Å². The summed E-state index contributed by atoms with van der Waals surface area (Å²) in [7, 11) is 0. The number of nitrogens with two attached hydrogens (primary N) is 1. The van der Waals surface area contributed by atoms with Gasteiger partial charge in [0, 0.05) is 12.1 Å². The molecule has 1 fully saturated rings. The zero-order chi connectivity index (χ0) is 11.6. The van der Waals surface area contributed by atoms with Crippen LogP contribution in [0.2, 0.25) is 0 Å². The third kappa shape index (κ3) is 3.32. The van der Waals surface area contributed by atoms with Crippen LogP contribution in [0, 0.1) is 0 Å². The second-order valence-corrected chi connectivity index (χ2v) is 4.32. The summed E-state index contributed by atoms with van der Waals surface area (Å²) in [6.45, 7) is 3.42. The fourth-order valence-electron chi connectivity index (χ4n) is 1.29. The summed E-state index contributed by atoms with van der Waals surface area (Å²) in [5.74, 6) is -1.33. The smallest absolute Gasteiger partial charge is 0.248 e. The molecule has 6 heteroatoms. The topological polar surface area (TPSA) is 92.5 Å². The maximum absolute atomic E-state index is 11.5. The SMILES string of the molecule is CC(C)(N)CN1C(=O)CNC(=O)CC1=O. The lowest BCUT2D eigenvalue weighted by Crippen LogP contribution is -2.50. The minimum atomic E-state index is -0.654. The van der Waals surface area contributed by atoms with Crippen molar-refractivity contribution in [3.8, 4) is 0 Å². The van der Waals surface area contributed by atoms with Crippen molar-refractivity contribution in [2.24, 2.45) is 5.73 Å². The van der Waals surface area contributed by atoms with Gasteiger partial charge in [-0.15, -0.1) is 0 Å². The fourth-order valence-corrected chi connectivity index (χ4v) is 1.29. The van der Waals surface area contributed by atoms with Gasteiger partial charge in [0.15, 0.2) is 0 Å². The maximum Gasteiger partial charge on any atom is 0.248 e. The highest BCUT2D eigenvalue weighted by atomic mass is 16.2. The van der Waals surface area contributed by atoms with Gasteiger partial charge in [0.05, 0.1) is 6.54 Å². The van der Waals surface area contributed by atoms with E-state index in [1.807, 2.05) is 0 Å². The molecule has 3 amide bonds. The Kier molecular flexibility index (Phi) is 3.09. The van der Waals surface area contributed by atoms with Crippen molar-refractivity contribution < 1.29 is 14.4 Å². The lowest BCUT2D eigenvalue weighted by atomic mass is 10.1. The number of carbonyl (C=O) groups is 3. The molecule has 0 aromatic rings. The Morgan fingerprint density at radius 1 is 1.33 bits per heavy atom. The van der Waals surface area contributed by atoms with Crippen molar-refractivity contribution in [1.29, 1.82) is 0 Å². The van der Waals surface area contributed by atoms with Crippen LogP contribution in [0.25, 0.3) is 0 Å². The number of hydrogen-bond acceptors (Lipinski definition) is 4. The van der Waals surface area contributed by atoms with Crippen LogP contribution < -0.4 is 11.1 Å². The summed E-state index contributed by atoms with van der Waals surface area (Å²) in [6, 6.07) is 0. The minimum Gasteiger partial charge on any atom is -0.347 e. The van der Waals surface area contributed by atoms with Gasteiger partial charge in [-0.1, -0.05) is 0 Å². The van der Waals surface area contributed by atoms with Gasteiger partial charge in [0.2, 0.25) is 17.7 Å². The van der Waals surface area contributed by atoms with Gasteiger partial charge in [0.25, 0.3) is 0 Å². The van der Waals surface area contributed by atoms with Crippen LogP contribution in [-0.2, 0) is 14.4 Å². The van der Waals surface area contributed by atoms with E-state index in [0.717, 1.165) is 4.90 Å². The van der Waals surface area contributed by atoms with Crippen molar-refractivity contribution in [2.45, 2.75) is 25.8 Å². The molecule has 1 heterocycles. The van der Waals surface area contributed by atoms with Crippen LogP contribution in [0.5, 0.6) is 0 Å². The molecule has 0 aromatic carbocycles. The van der Waals surface area contributed by atoms with Crippen molar-refractivity contribution in [3.05, 3.63) is 0 Å². The molecule has 0 atom stereocenters. The summed E-state index contributed by atoms with van der Waals surface area (Å²) < 4.78 is 0. The van der Waals surface area contributed by atoms with Gasteiger partial charge in [0.1, 0.15) is 6.42 Å². The molecule has 1 saturated heterocycles. The Morgan fingerprint density at radius 2 is 1.93 bits per heavy atom. The minimum absolute atomic E-state index is 0.125. The molecule has 1 aliphatic heterocycles. The molecule has 0 spiro atoms. The molecule has 0 aliphatic carbocycles. The monoisotopic (exact) mass is 213 g/mol. The van der Waals surface area contributed by atoms with E-state index in [0.29, 0.717) is 0 Å². The summed E-state index contributed by atoms with van der Waals surface area (Å²) in [5.41, 5.74) is 5.07. The summed E-state index contributed by atoms with van der Waals surface area (Å²) in [5, 5.41) is 2.35. The second-order valence-electron chi connectivity index (χ2n) is 4.32. The highest BCUT2D eigenvalue weighted by Crippen LogP contribution is 2.06. The summed E-state index contributed by atoms with van der Waals surface area (Å²) in [4.78, 5) is 35.0.